The molecule has 1 fully saturated rings. The Bertz CT molecular complexity index is 878. The summed E-state index contributed by atoms with van der Waals surface area (Å²) in [6.45, 7) is 2.81. The Balaban J connectivity index is 1.95. The van der Waals surface area contributed by atoms with Crippen LogP contribution in [-0.2, 0) is 4.79 Å². The van der Waals surface area contributed by atoms with Crippen LogP contribution in [0.4, 0.5) is 5.69 Å². The molecule has 0 saturated carbocycles. The number of carbonyl (C=O) groups excluding carboxylic acids is 1. The summed E-state index contributed by atoms with van der Waals surface area (Å²) in [5.41, 5.74) is 1.58. The lowest BCUT2D eigenvalue weighted by atomic mass is 10.2. The smallest absolute Gasteiger partial charge is 0.271 e. The van der Waals surface area contributed by atoms with E-state index in [0.717, 1.165) is 24.1 Å². The predicted octanol–water partition coefficient (Wildman–Crippen LogP) is 4.68. The van der Waals surface area contributed by atoms with Crippen molar-refractivity contribution in [3.05, 3.63) is 59.0 Å². The first-order valence-electron chi connectivity index (χ1n) is 8.84. The minimum Gasteiger partial charge on any atom is -0.504 e. The molecule has 1 saturated heterocycles. The number of benzene rings is 2. The fourth-order valence-electron chi connectivity index (χ4n) is 2.65. The lowest BCUT2D eigenvalue weighted by Gasteiger charge is -2.15. The first kappa shape index (κ1) is 19.0. The number of amidine groups is 1. The number of aliphatic imine (C=N–C) groups is 1. The molecule has 1 heterocycles. The number of rotatable bonds is 6. The average molecular weight is 382 g/mol. The summed E-state index contributed by atoms with van der Waals surface area (Å²) >= 11 is 1.37. The van der Waals surface area contributed by atoms with Gasteiger partial charge < -0.3 is 9.84 Å². The van der Waals surface area contributed by atoms with E-state index in [9.17, 15) is 9.90 Å². The lowest BCUT2D eigenvalue weighted by molar-refractivity contribution is -0.113. The van der Waals surface area contributed by atoms with E-state index < -0.39 is 0 Å². The molecule has 1 aliphatic rings. The topological polar surface area (TPSA) is 62.1 Å². The monoisotopic (exact) mass is 382 g/mol. The molecule has 1 N–H and O–H groups in total. The van der Waals surface area contributed by atoms with Crippen molar-refractivity contribution in [3.63, 3.8) is 0 Å². The summed E-state index contributed by atoms with van der Waals surface area (Å²) in [7, 11) is 1.50. The van der Waals surface area contributed by atoms with Gasteiger partial charge in [-0.3, -0.25) is 14.7 Å². The van der Waals surface area contributed by atoms with Gasteiger partial charge in [-0.25, -0.2) is 0 Å². The van der Waals surface area contributed by atoms with E-state index in [0.29, 0.717) is 22.4 Å². The molecule has 0 atom stereocenters. The number of phenolic OH excluding ortho intramolecular Hbond substituents is 1. The Morgan fingerprint density at radius 3 is 2.70 bits per heavy atom. The number of phenols is 1. The zero-order valence-electron chi connectivity index (χ0n) is 15.4. The number of thioether (sulfide) groups is 1. The molecule has 1 amide bonds. The summed E-state index contributed by atoms with van der Waals surface area (Å²) in [5.74, 6) is 0.336. The average Bonchev–Trinajstić information content (AvgIpc) is 2.99. The van der Waals surface area contributed by atoms with Crippen molar-refractivity contribution < 1.29 is 14.6 Å². The molecule has 2 aromatic rings. The van der Waals surface area contributed by atoms with Crippen LogP contribution in [0, 0.1) is 0 Å². The van der Waals surface area contributed by atoms with E-state index in [4.69, 9.17) is 4.74 Å². The standard InChI is InChI=1S/C21H22N2O3S/c1-3-4-12-22-21-23(16-8-6-5-7-9-16)20(25)19(27-21)14-15-10-11-17(24)18(13-15)26-2/h5-11,13-14,24H,3-4,12H2,1-2H3. The highest BCUT2D eigenvalue weighted by molar-refractivity contribution is 8.19. The van der Waals surface area contributed by atoms with Crippen molar-refractivity contribution in [3.8, 4) is 11.5 Å². The first-order valence-corrected chi connectivity index (χ1v) is 9.66. The van der Waals surface area contributed by atoms with Crippen LogP contribution in [0.2, 0.25) is 0 Å². The number of para-hydroxylation sites is 1. The summed E-state index contributed by atoms with van der Waals surface area (Å²) in [6.07, 6.45) is 3.83. The van der Waals surface area contributed by atoms with Crippen molar-refractivity contribution in [2.24, 2.45) is 4.99 Å². The van der Waals surface area contributed by atoms with Crippen LogP contribution in [0.15, 0.2) is 58.4 Å². The maximum atomic E-state index is 13.1. The van der Waals surface area contributed by atoms with Crippen LogP contribution in [-0.4, -0.2) is 29.8 Å². The molecule has 0 aromatic heterocycles. The molecule has 140 valence electrons. The SMILES string of the molecule is CCCCN=C1SC(=Cc2ccc(O)c(OC)c2)C(=O)N1c1ccccc1. The second-order valence-corrected chi connectivity index (χ2v) is 7.04. The third-order valence-electron chi connectivity index (χ3n) is 4.08. The van der Waals surface area contributed by atoms with Gasteiger partial charge in [-0.05, 0) is 54.1 Å². The molecule has 27 heavy (non-hydrogen) atoms. The number of ether oxygens (including phenoxy) is 1. The summed E-state index contributed by atoms with van der Waals surface area (Å²) in [4.78, 5) is 19.9. The number of methoxy groups -OCH3 is 1. The van der Waals surface area contributed by atoms with Gasteiger partial charge >= 0.3 is 0 Å². The van der Waals surface area contributed by atoms with E-state index in [1.807, 2.05) is 30.3 Å². The second kappa shape index (κ2) is 8.77. The molecular weight excluding hydrogens is 360 g/mol. The quantitative estimate of drug-likeness (QED) is 0.582. The molecule has 5 nitrogen and oxygen atoms in total. The maximum Gasteiger partial charge on any atom is 0.271 e. The molecule has 1 aliphatic heterocycles. The second-order valence-electron chi connectivity index (χ2n) is 6.04. The fourth-order valence-corrected chi connectivity index (χ4v) is 3.66. The fraction of sp³-hybridized carbons (Fsp3) is 0.238. The molecule has 3 rings (SSSR count). The Hall–Kier alpha value is -2.73. The van der Waals surface area contributed by atoms with Crippen LogP contribution in [0.25, 0.3) is 6.08 Å². The van der Waals surface area contributed by atoms with Gasteiger partial charge in [-0.2, -0.15) is 0 Å². The number of hydrogen-bond donors (Lipinski definition) is 1. The minimum absolute atomic E-state index is 0.0674. The summed E-state index contributed by atoms with van der Waals surface area (Å²) < 4.78 is 5.15. The number of carbonyl (C=O) groups is 1. The number of hydrogen-bond acceptors (Lipinski definition) is 5. The zero-order chi connectivity index (χ0) is 19.2. The Labute approximate surface area is 163 Å². The minimum atomic E-state index is -0.103. The highest BCUT2D eigenvalue weighted by Crippen LogP contribution is 2.37. The third-order valence-corrected chi connectivity index (χ3v) is 5.09. The van der Waals surface area contributed by atoms with Crippen molar-refractivity contribution in [2.45, 2.75) is 19.8 Å². The number of aromatic hydroxyl groups is 1. The van der Waals surface area contributed by atoms with Crippen molar-refractivity contribution in [1.82, 2.24) is 0 Å². The maximum absolute atomic E-state index is 13.1. The highest BCUT2D eigenvalue weighted by atomic mass is 32.2. The highest BCUT2D eigenvalue weighted by Gasteiger charge is 2.34. The first-order chi connectivity index (χ1) is 13.1. The van der Waals surface area contributed by atoms with E-state index >= 15 is 0 Å². The van der Waals surface area contributed by atoms with E-state index in [1.165, 1.54) is 18.9 Å². The largest absolute Gasteiger partial charge is 0.504 e. The van der Waals surface area contributed by atoms with E-state index in [-0.39, 0.29) is 11.7 Å². The normalized spacial score (nSPS) is 17.1. The molecule has 6 heteroatoms. The van der Waals surface area contributed by atoms with Gasteiger partial charge in [0.05, 0.1) is 17.7 Å². The Morgan fingerprint density at radius 2 is 2.00 bits per heavy atom. The number of unbranched alkanes of at least 4 members (excludes halogenated alkanes) is 1. The summed E-state index contributed by atoms with van der Waals surface area (Å²) in [5, 5.41) is 10.4. The molecule has 0 aliphatic carbocycles. The molecule has 0 spiro atoms. The Morgan fingerprint density at radius 1 is 1.22 bits per heavy atom. The zero-order valence-corrected chi connectivity index (χ0v) is 16.2. The molecular formula is C21H22N2O3S. The molecule has 0 bridgehead atoms. The van der Waals surface area contributed by atoms with Crippen molar-refractivity contribution in [2.75, 3.05) is 18.6 Å². The van der Waals surface area contributed by atoms with Crippen molar-refractivity contribution in [1.29, 1.82) is 0 Å². The van der Waals surface area contributed by atoms with Crippen LogP contribution in [0.1, 0.15) is 25.3 Å². The van der Waals surface area contributed by atoms with Gasteiger partial charge in [0.1, 0.15) is 0 Å². The predicted molar refractivity (Wildman–Crippen MR) is 111 cm³/mol. The van der Waals surface area contributed by atoms with Gasteiger partial charge in [0.25, 0.3) is 5.91 Å². The van der Waals surface area contributed by atoms with Gasteiger partial charge in [-0.1, -0.05) is 37.6 Å². The lowest BCUT2D eigenvalue weighted by Crippen LogP contribution is -2.28. The number of anilines is 1. The van der Waals surface area contributed by atoms with E-state index in [2.05, 4.69) is 11.9 Å². The van der Waals surface area contributed by atoms with Crippen molar-refractivity contribution >= 4 is 34.6 Å². The number of amides is 1. The van der Waals surface area contributed by atoms with Crippen LogP contribution >= 0.6 is 11.8 Å². The Kier molecular flexibility index (Phi) is 6.19. The van der Waals surface area contributed by atoms with Gasteiger partial charge in [0.15, 0.2) is 16.7 Å². The van der Waals surface area contributed by atoms with Gasteiger partial charge in [0.2, 0.25) is 0 Å². The number of nitrogens with zero attached hydrogens (tertiary/aromatic N) is 2. The van der Waals surface area contributed by atoms with Gasteiger partial charge in [0, 0.05) is 6.54 Å². The van der Waals surface area contributed by atoms with Crippen LogP contribution in [0.3, 0.4) is 0 Å². The van der Waals surface area contributed by atoms with Crippen LogP contribution < -0.4 is 9.64 Å². The summed E-state index contributed by atoms with van der Waals surface area (Å²) in [6, 6.07) is 14.5. The van der Waals surface area contributed by atoms with E-state index in [1.54, 1.807) is 29.2 Å². The molecule has 0 radical (unpaired) electrons. The third kappa shape index (κ3) is 4.34. The van der Waals surface area contributed by atoms with Gasteiger partial charge in [-0.15, -0.1) is 0 Å². The molecule has 0 unspecified atom stereocenters. The van der Waals surface area contributed by atoms with Crippen LogP contribution in [0.5, 0.6) is 11.5 Å². The molecule has 2 aromatic carbocycles.